The van der Waals surface area contributed by atoms with Crippen molar-refractivity contribution in [2.45, 2.75) is 32.2 Å². The molecule has 0 bridgehead atoms. The summed E-state index contributed by atoms with van der Waals surface area (Å²) in [6, 6.07) is 8.77. The van der Waals surface area contributed by atoms with Crippen LogP contribution in [0.2, 0.25) is 0 Å². The van der Waals surface area contributed by atoms with Crippen molar-refractivity contribution >= 4 is 0 Å². The number of hydrogen-bond acceptors (Lipinski definition) is 4. The Morgan fingerprint density at radius 2 is 1.73 bits per heavy atom. The summed E-state index contributed by atoms with van der Waals surface area (Å²) >= 11 is 0. The monoisotopic (exact) mass is 304 g/mol. The van der Waals surface area contributed by atoms with Crippen LogP contribution in [0, 0.1) is 0 Å². The van der Waals surface area contributed by atoms with Crippen molar-refractivity contribution in [3.63, 3.8) is 0 Å². The third kappa shape index (κ3) is 4.14. The Kier molecular flexibility index (Phi) is 5.57. The molecule has 22 heavy (non-hydrogen) atoms. The Morgan fingerprint density at radius 1 is 1.00 bits per heavy atom. The molecule has 0 aromatic heterocycles. The van der Waals surface area contributed by atoms with E-state index < -0.39 is 0 Å². The quantitative estimate of drug-likeness (QED) is 0.773. The van der Waals surface area contributed by atoms with E-state index in [2.05, 4.69) is 16.7 Å². The summed E-state index contributed by atoms with van der Waals surface area (Å²) in [7, 11) is 0. The van der Waals surface area contributed by atoms with E-state index in [4.69, 9.17) is 9.47 Å². The molecule has 1 aromatic rings. The standard InChI is InChI=1S/C18H28N2O2/c1-2-13-21-17-5-7-18(8-6-17)22-14-12-19-10-11-20-9-3-4-16(20)15-19/h5-8,16H,2-4,9-15H2,1H3/t16-/m0/s1. The predicted molar refractivity (Wildman–Crippen MR) is 88.8 cm³/mol. The molecule has 3 rings (SSSR count). The summed E-state index contributed by atoms with van der Waals surface area (Å²) in [4.78, 5) is 5.19. The number of ether oxygens (including phenoxy) is 2. The molecular formula is C18H28N2O2. The SMILES string of the molecule is CCCOc1ccc(OCCN2CCN3CCC[C@H]3C2)cc1. The fourth-order valence-electron chi connectivity index (χ4n) is 3.40. The molecule has 2 aliphatic heterocycles. The highest BCUT2D eigenvalue weighted by Gasteiger charge is 2.30. The zero-order valence-corrected chi connectivity index (χ0v) is 13.7. The van der Waals surface area contributed by atoms with Crippen LogP contribution >= 0.6 is 0 Å². The van der Waals surface area contributed by atoms with Crippen LogP contribution < -0.4 is 9.47 Å². The van der Waals surface area contributed by atoms with Crippen LogP contribution in [0.15, 0.2) is 24.3 Å². The molecule has 2 heterocycles. The summed E-state index contributed by atoms with van der Waals surface area (Å²) in [6.07, 6.45) is 3.78. The molecule has 2 saturated heterocycles. The van der Waals surface area contributed by atoms with Gasteiger partial charge in [-0.05, 0) is 50.1 Å². The summed E-state index contributed by atoms with van der Waals surface area (Å²) in [5, 5.41) is 0. The zero-order valence-electron chi connectivity index (χ0n) is 13.7. The fourth-order valence-corrected chi connectivity index (χ4v) is 3.40. The second-order valence-corrected chi connectivity index (χ2v) is 6.30. The van der Waals surface area contributed by atoms with Crippen LogP contribution in [0.4, 0.5) is 0 Å². The van der Waals surface area contributed by atoms with E-state index in [1.807, 2.05) is 24.3 Å². The second-order valence-electron chi connectivity index (χ2n) is 6.30. The first kappa shape index (κ1) is 15.6. The maximum Gasteiger partial charge on any atom is 0.119 e. The van der Waals surface area contributed by atoms with E-state index in [-0.39, 0.29) is 0 Å². The van der Waals surface area contributed by atoms with Crippen LogP contribution in [0.25, 0.3) is 0 Å². The molecule has 0 radical (unpaired) electrons. The highest BCUT2D eigenvalue weighted by atomic mass is 16.5. The van der Waals surface area contributed by atoms with Crippen LogP contribution in [-0.4, -0.2) is 61.8 Å². The van der Waals surface area contributed by atoms with Crippen LogP contribution in [0.5, 0.6) is 11.5 Å². The third-order valence-electron chi connectivity index (χ3n) is 4.64. The van der Waals surface area contributed by atoms with E-state index in [0.29, 0.717) is 0 Å². The van der Waals surface area contributed by atoms with Gasteiger partial charge in [0.2, 0.25) is 0 Å². The molecule has 0 aliphatic carbocycles. The molecular weight excluding hydrogens is 276 g/mol. The molecule has 1 atom stereocenters. The lowest BCUT2D eigenvalue weighted by Gasteiger charge is -2.37. The number of rotatable bonds is 7. The van der Waals surface area contributed by atoms with Crippen LogP contribution in [-0.2, 0) is 0 Å². The molecule has 0 saturated carbocycles. The first-order chi connectivity index (χ1) is 10.8. The lowest BCUT2D eigenvalue weighted by molar-refractivity contribution is 0.0923. The van der Waals surface area contributed by atoms with Gasteiger partial charge in [0.25, 0.3) is 0 Å². The minimum atomic E-state index is 0.766. The minimum absolute atomic E-state index is 0.766. The molecule has 1 aromatic carbocycles. The van der Waals surface area contributed by atoms with E-state index in [1.165, 1.54) is 39.0 Å². The molecule has 2 aliphatic rings. The summed E-state index contributed by atoms with van der Waals surface area (Å²) in [6.45, 7) is 9.61. The molecule has 122 valence electrons. The zero-order chi connectivity index (χ0) is 15.2. The van der Waals surface area contributed by atoms with Gasteiger partial charge in [-0.15, -0.1) is 0 Å². The van der Waals surface area contributed by atoms with Crippen molar-refractivity contribution < 1.29 is 9.47 Å². The minimum Gasteiger partial charge on any atom is -0.494 e. The first-order valence-corrected chi connectivity index (χ1v) is 8.67. The van der Waals surface area contributed by atoms with Crippen molar-refractivity contribution in [2.75, 3.05) is 45.9 Å². The maximum absolute atomic E-state index is 5.87. The van der Waals surface area contributed by atoms with Crippen molar-refractivity contribution in [2.24, 2.45) is 0 Å². The number of fused-ring (bicyclic) bond motifs is 1. The van der Waals surface area contributed by atoms with Gasteiger partial charge in [-0.1, -0.05) is 6.92 Å². The smallest absolute Gasteiger partial charge is 0.119 e. The second kappa shape index (κ2) is 7.84. The third-order valence-corrected chi connectivity index (χ3v) is 4.64. The fraction of sp³-hybridized carbons (Fsp3) is 0.667. The largest absolute Gasteiger partial charge is 0.494 e. The van der Waals surface area contributed by atoms with Crippen LogP contribution in [0.1, 0.15) is 26.2 Å². The van der Waals surface area contributed by atoms with Gasteiger partial charge in [-0.25, -0.2) is 0 Å². The van der Waals surface area contributed by atoms with Gasteiger partial charge >= 0.3 is 0 Å². The molecule has 0 unspecified atom stereocenters. The Bertz CT molecular complexity index is 449. The average molecular weight is 304 g/mol. The Labute approximate surface area is 134 Å². The van der Waals surface area contributed by atoms with E-state index in [0.717, 1.165) is 43.7 Å². The number of piperazine rings is 1. The van der Waals surface area contributed by atoms with Gasteiger partial charge < -0.3 is 9.47 Å². The van der Waals surface area contributed by atoms with E-state index in [9.17, 15) is 0 Å². The lowest BCUT2D eigenvalue weighted by Crippen LogP contribution is -2.50. The van der Waals surface area contributed by atoms with Gasteiger partial charge in [-0.2, -0.15) is 0 Å². The Balaban J connectivity index is 1.37. The Hall–Kier alpha value is -1.26. The summed E-state index contributed by atoms with van der Waals surface area (Å²) in [5.41, 5.74) is 0. The number of hydrogen-bond donors (Lipinski definition) is 0. The summed E-state index contributed by atoms with van der Waals surface area (Å²) < 4.78 is 11.5. The predicted octanol–water partition coefficient (Wildman–Crippen LogP) is 2.63. The normalized spacial score (nSPS) is 22.5. The molecule has 4 heteroatoms. The van der Waals surface area contributed by atoms with Gasteiger partial charge in [-0.3, -0.25) is 9.80 Å². The van der Waals surface area contributed by atoms with Crippen molar-refractivity contribution in [1.29, 1.82) is 0 Å². The topological polar surface area (TPSA) is 24.9 Å². The lowest BCUT2D eigenvalue weighted by atomic mass is 10.1. The van der Waals surface area contributed by atoms with Gasteiger partial charge in [0, 0.05) is 32.2 Å². The first-order valence-electron chi connectivity index (χ1n) is 8.67. The van der Waals surface area contributed by atoms with E-state index >= 15 is 0 Å². The molecule has 0 N–H and O–H groups in total. The maximum atomic E-state index is 5.87. The van der Waals surface area contributed by atoms with Crippen molar-refractivity contribution in [3.05, 3.63) is 24.3 Å². The average Bonchev–Trinajstić information content (AvgIpc) is 3.02. The molecule has 0 spiro atoms. The Morgan fingerprint density at radius 3 is 2.45 bits per heavy atom. The molecule has 2 fully saturated rings. The van der Waals surface area contributed by atoms with Gasteiger partial charge in [0.05, 0.1) is 6.61 Å². The molecule has 4 nitrogen and oxygen atoms in total. The van der Waals surface area contributed by atoms with E-state index in [1.54, 1.807) is 0 Å². The van der Waals surface area contributed by atoms with Gasteiger partial charge in [0.1, 0.15) is 18.1 Å². The van der Waals surface area contributed by atoms with Crippen molar-refractivity contribution in [3.8, 4) is 11.5 Å². The van der Waals surface area contributed by atoms with Crippen molar-refractivity contribution in [1.82, 2.24) is 9.80 Å². The van der Waals surface area contributed by atoms with Crippen LogP contribution in [0.3, 0.4) is 0 Å². The highest BCUT2D eigenvalue weighted by molar-refractivity contribution is 5.31. The van der Waals surface area contributed by atoms with Gasteiger partial charge in [0.15, 0.2) is 0 Å². The number of nitrogens with zero attached hydrogens (tertiary/aromatic N) is 2. The summed E-state index contributed by atoms with van der Waals surface area (Å²) in [5.74, 6) is 1.86. The highest BCUT2D eigenvalue weighted by Crippen LogP contribution is 2.21. The number of benzene rings is 1. The molecule has 0 amide bonds.